The molecule has 0 saturated heterocycles. The topological polar surface area (TPSA) is 84.5 Å². The highest BCUT2D eigenvalue weighted by Gasteiger charge is 2.20. The Labute approximate surface area is 146 Å². The summed E-state index contributed by atoms with van der Waals surface area (Å²) in [6, 6.07) is 13.4. The largest absolute Gasteiger partial charge is 0.449 e. The third-order valence-corrected chi connectivity index (χ3v) is 3.63. The second-order valence-electron chi connectivity index (χ2n) is 5.47. The van der Waals surface area contributed by atoms with Gasteiger partial charge in [0, 0.05) is 24.0 Å². The zero-order valence-corrected chi connectivity index (χ0v) is 14.3. The molecule has 6 heteroatoms. The van der Waals surface area contributed by atoms with E-state index in [0.717, 1.165) is 0 Å². The van der Waals surface area contributed by atoms with Gasteiger partial charge < -0.3 is 15.4 Å². The van der Waals surface area contributed by atoms with Crippen LogP contribution in [0.5, 0.6) is 0 Å². The molecule has 2 aromatic carbocycles. The van der Waals surface area contributed by atoms with Gasteiger partial charge in [-0.05, 0) is 50.2 Å². The van der Waals surface area contributed by atoms with Crippen molar-refractivity contribution >= 4 is 29.0 Å². The molecule has 0 spiro atoms. The van der Waals surface area contributed by atoms with Crippen LogP contribution in [0.15, 0.2) is 48.5 Å². The standard InChI is InChI=1S/C19H20N2O4/c1-12(22)14-8-10-15(11-9-14)21-18(23)13(2)25-19(24)16-6-4-5-7-17(16)20-3/h4-11,13,20H,1-3H3,(H,21,23)/t13-/m1/s1. The first-order chi connectivity index (χ1) is 11.9. The van der Waals surface area contributed by atoms with E-state index < -0.39 is 18.0 Å². The summed E-state index contributed by atoms with van der Waals surface area (Å²) < 4.78 is 5.23. The van der Waals surface area contributed by atoms with Gasteiger partial charge in [-0.1, -0.05) is 12.1 Å². The number of carbonyl (C=O) groups is 3. The number of ketones is 1. The highest BCUT2D eigenvalue weighted by Crippen LogP contribution is 2.17. The van der Waals surface area contributed by atoms with E-state index in [-0.39, 0.29) is 5.78 Å². The number of benzene rings is 2. The van der Waals surface area contributed by atoms with Gasteiger partial charge in [0.2, 0.25) is 0 Å². The molecular weight excluding hydrogens is 320 g/mol. The van der Waals surface area contributed by atoms with Crippen molar-refractivity contribution in [2.24, 2.45) is 0 Å². The molecule has 0 saturated carbocycles. The summed E-state index contributed by atoms with van der Waals surface area (Å²) >= 11 is 0. The van der Waals surface area contributed by atoms with Crippen LogP contribution in [-0.2, 0) is 9.53 Å². The average Bonchev–Trinajstić information content (AvgIpc) is 2.61. The van der Waals surface area contributed by atoms with Crippen molar-refractivity contribution < 1.29 is 19.1 Å². The number of esters is 1. The SMILES string of the molecule is CNc1ccccc1C(=O)O[C@H](C)C(=O)Nc1ccc(C(C)=O)cc1. The van der Waals surface area contributed by atoms with Crippen molar-refractivity contribution in [3.05, 3.63) is 59.7 Å². The third kappa shape index (κ3) is 4.67. The predicted molar refractivity (Wildman–Crippen MR) is 95.9 cm³/mol. The number of anilines is 2. The predicted octanol–water partition coefficient (Wildman–Crippen LogP) is 3.11. The molecule has 130 valence electrons. The van der Waals surface area contributed by atoms with Crippen molar-refractivity contribution in [1.82, 2.24) is 0 Å². The van der Waals surface area contributed by atoms with Gasteiger partial charge in [-0.15, -0.1) is 0 Å². The van der Waals surface area contributed by atoms with Crippen LogP contribution in [0, 0.1) is 0 Å². The first-order valence-corrected chi connectivity index (χ1v) is 7.82. The Balaban J connectivity index is 2.00. The average molecular weight is 340 g/mol. The van der Waals surface area contributed by atoms with E-state index in [1.54, 1.807) is 55.6 Å². The highest BCUT2D eigenvalue weighted by atomic mass is 16.5. The Morgan fingerprint density at radius 2 is 1.64 bits per heavy atom. The Morgan fingerprint density at radius 3 is 2.24 bits per heavy atom. The van der Waals surface area contributed by atoms with Crippen molar-refractivity contribution in [1.29, 1.82) is 0 Å². The molecule has 1 atom stereocenters. The van der Waals surface area contributed by atoms with E-state index in [1.165, 1.54) is 13.8 Å². The lowest BCUT2D eigenvalue weighted by molar-refractivity contribution is -0.123. The summed E-state index contributed by atoms with van der Waals surface area (Å²) in [5.41, 5.74) is 2.06. The Bertz CT molecular complexity index is 784. The molecule has 2 rings (SSSR count). The molecule has 0 aliphatic rings. The van der Waals surface area contributed by atoms with Crippen molar-refractivity contribution in [2.75, 3.05) is 17.7 Å². The molecule has 25 heavy (non-hydrogen) atoms. The molecule has 6 nitrogen and oxygen atoms in total. The summed E-state index contributed by atoms with van der Waals surface area (Å²) in [6.07, 6.45) is -0.968. The second kappa shape index (κ2) is 8.10. The minimum absolute atomic E-state index is 0.0524. The first kappa shape index (κ1) is 18.2. The minimum Gasteiger partial charge on any atom is -0.449 e. The maximum atomic E-state index is 12.2. The quantitative estimate of drug-likeness (QED) is 0.623. The monoisotopic (exact) mass is 340 g/mol. The van der Waals surface area contributed by atoms with Crippen LogP contribution in [0.1, 0.15) is 34.6 Å². The van der Waals surface area contributed by atoms with Gasteiger partial charge in [-0.25, -0.2) is 4.79 Å². The molecular formula is C19H20N2O4. The van der Waals surface area contributed by atoms with E-state index in [2.05, 4.69) is 10.6 Å². The Morgan fingerprint density at radius 1 is 1.00 bits per heavy atom. The van der Waals surface area contributed by atoms with Crippen molar-refractivity contribution in [2.45, 2.75) is 20.0 Å². The number of carbonyl (C=O) groups excluding carboxylic acids is 3. The fourth-order valence-corrected chi connectivity index (χ4v) is 2.19. The lowest BCUT2D eigenvalue weighted by Gasteiger charge is -2.15. The zero-order valence-electron chi connectivity index (χ0n) is 14.3. The van der Waals surface area contributed by atoms with Gasteiger partial charge in [0.05, 0.1) is 5.56 Å². The summed E-state index contributed by atoms with van der Waals surface area (Å²) in [5.74, 6) is -1.09. The Hall–Kier alpha value is -3.15. The molecule has 0 aliphatic carbocycles. The summed E-state index contributed by atoms with van der Waals surface area (Å²) in [7, 11) is 1.70. The van der Waals surface area contributed by atoms with Crippen LogP contribution >= 0.6 is 0 Å². The van der Waals surface area contributed by atoms with Gasteiger partial charge >= 0.3 is 5.97 Å². The molecule has 0 aromatic heterocycles. The number of ether oxygens (including phenoxy) is 1. The fourth-order valence-electron chi connectivity index (χ4n) is 2.19. The number of rotatable bonds is 6. The summed E-state index contributed by atoms with van der Waals surface area (Å²) in [5, 5.41) is 5.55. The number of hydrogen-bond donors (Lipinski definition) is 2. The second-order valence-corrected chi connectivity index (χ2v) is 5.47. The van der Waals surface area contributed by atoms with Crippen LogP contribution in [-0.4, -0.2) is 30.8 Å². The zero-order chi connectivity index (χ0) is 18.4. The number of Topliss-reactive ketones (excluding diaryl/α,β-unsaturated/α-hetero) is 1. The molecule has 0 unspecified atom stereocenters. The number of amides is 1. The van der Waals surface area contributed by atoms with E-state index >= 15 is 0 Å². The van der Waals surface area contributed by atoms with Crippen LogP contribution in [0.3, 0.4) is 0 Å². The molecule has 2 aromatic rings. The van der Waals surface area contributed by atoms with Gasteiger partial charge in [-0.2, -0.15) is 0 Å². The fraction of sp³-hybridized carbons (Fsp3) is 0.211. The molecule has 0 bridgehead atoms. The molecule has 0 radical (unpaired) electrons. The highest BCUT2D eigenvalue weighted by molar-refractivity contribution is 6.00. The molecule has 0 heterocycles. The third-order valence-electron chi connectivity index (χ3n) is 3.63. The number of para-hydroxylation sites is 1. The molecule has 1 amide bonds. The normalized spacial score (nSPS) is 11.3. The van der Waals surface area contributed by atoms with Crippen molar-refractivity contribution in [3.63, 3.8) is 0 Å². The van der Waals surface area contributed by atoms with E-state index in [1.807, 2.05) is 0 Å². The van der Waals surface area contributed by atoms with Gasteiger partial charge in [0.25, 0.3) is 5.91 Å². The summed E-state index contributed by atoms with van der Waals surface area (Å²) in [6.45, 7) is 2.97. The summed E-state index contributed by atoms with van der Waals surface area (Å²) in [4.78, 5) is 35.7. The molecule has 0 fully saturated rings. The smallest absolute Gasteiger partial charge is 0.341 e. The molecule has 2 N–H and O–H groups in total. The molecule has 0 aliphatic heterocycles. The maximum Gasteiger partial charge on any atom is 0.341 e. The number of nitrogens with one attached hydrogen (secondary N) is 2. The van der Waals surface area contributed by atoms with Crippen LogP contribution < -0.4 is 10.6 Å². The van der Waals surface area contributed by atoms with Gasteiger partial charge in [0.15, 0.2) is 11.9 Å². The lowest BCUT2D eigenvalue weighted by Crippen LogP contribution is -2.30. The van der Waals surface area contributed by atoms with Crippen molar-refractivity contribution in [3.8, 4) is 0 Å². The lowest BCUT2D eigenvalue weighted by atomic mass is 10.1. The number of hydrogen-bond acceptors (Lipinski definition) is 5. The maximum absolute atomic E-state index is 12.2. The van der Waals surface area contributed by atoms with E-state index in [0.29, 0.717) is 22.5 Å². The van der Waals surface area contributed by atoms with E-state index in [4.69, 9.17) is 4.74 Å². The van der Waals surface area contributed by atoms with Crippen LogP contribution in [0.2, 0.25) is 0 Å². The van der Waals surface area contributed by atoms with Gasteiger partial charge in [0.1, 0.15) is 0 Å². The van der Waals surface area contributed by atoms with Gasteiger partial charge in [-0.3, -0.25) is 9.59 Å². The van der Waals surface area contributed by atoms with Crippen LogP contribution in [0.25, 0.3) is 0 Å². The minimum atomic E-state index is -0.968. The van der Waals surface area contributed by atoms with E-state index in [9.17, 15) is 14.4 Å². The Kier molecular flexibility index (Phi) is 5.89. The van der Waals surface area contributed by atoms with Crippen LogP contribution in [0.4, 0.5) is 11.4 Å². The first-order valence-electron chi connectivity index (χ1n) is 7.82.